The van der Waals surface area contributed by atoms with Gasteiger partial charge in [-0.2, -0.15) is 5.26 Å². The van der Waals surface area contributed by atoms with E-state index >= 15 is 0 Å². The van der Waals surface area contributed by atoms with Crippen molar-refractivity contribution in [3.63, 3.8) is 0 Å². The Morgan fingerprint density at radius 2 is 1.91 bits per heavy atom. The Hall–Kier alpha value is -5.02. The van der Waals surface area contributed by atoms with Crippen LogP contribution in [0.3, 0.4) is 0 Å². The van der Waals surface area contributed by atoms with Gasteiger partial charge in [0.05, 0.1) is 29.2 Å². The van der Waals surface area contributed by atoms with E-state index in [1.54, 1.807) is 25.3 Å². The lowest BCUT2D eigenvalue weighted by molar-refractivity contribution is 0.0940. The standard InChI is InChI=1S/C26H20FN7O/c1-16(19-5-7-21(27)8-6-19)33-25(35)22-12-18(13-28)14-31-24(22)30-10-2-3-17-4-9-23-20(11-17)15-32-26(29)34-23/h4-9,11-12,14-16H,10H2,1H3,(H,30,31)(H,33,35)(H2,29,32,34)/t16-/m0/s1. The number of nitrogens with zero attached hydrogens (tertiary/aromatic N) is 4. The van der Waals surface area contributed by atoms with Gasteiger partial charge in [-0.05, 0) is 48.9 Å². The van der Waals surface area contributed by atoms with Crippen LogP contribution in [-0.4, -0.2) is 27.4 Å². The van der Waals surface area contributed by atoms with Crippen molar-refractivity contribution in [1.29, 1.82) is 5.26 Å². The van der Waals surface area contributed by atoms with Crippen molar-refractivity contribution in [2.75, 3.05) is 17.6 Å². The number of amides is 1. The number of nitrogens with two attached hydrogens (primary N) is 1. The van der Waals surface area contributed by atoms with Crippen LogP contribution in [0, 0.1) is 29.0 Å². The number of rotatable bonds is 5. The number of hydrogen-bond donors (Lipinski definition) is 3. The number of hydrogen-bond acceptors (Lipinski definition) is 7. The summed E-state index contributed by atoms with van der Waals surface area (Å²) >= 11 is 0. The average Bonchev–Trinajstić information content (AvgIpc) is 2.87. The summed E-state index contributed by atoms with van der Waals surface area (Å²) in [7, 11) is 0. The second kappa shape index (κ2) is 10.3. The average molecular weight is 465 g/mol. The topological polar surface area (TPSA) is 130 Å². The van der Waals surface area contributed by atoms with Gasteiger partial charge in [-0.25, -0.2) is 19.3 Å². The zero-order valence-electron chi connectivity index (χ0n) is 18.7. The smallest absolute Gasteiger partial charge is 0.255 e. The fourth-order valence-electron chi connectivity index (χ4n) is 3.35. The molecule has 0 aliphatic carbocycles. The van der Waals surface area contributed by atoms with Gasteiger partial charge in [0.1, 0.15) is 17.7 Å². The molecule has 4 N–H and O–H groups in total. The van der Waals surface area contributed by atoms with Gasteiger partial charge in [0.2, 0.25) is 5.95 Å². The van der Waals surface area contributed by atoms with E-state index in [2.05, 4.69) is 37.4 Å². The number of anilines is 2. The van der Waals surface area contributed by atoms with Gasteiger partial charge in [-0.3, -0.25) is 4.79 Å². The third-order valence-corrected chi connectivity index (χ3v) is 5.15. The monoisotopic (exact) mass is 465 g/mol. The van der Waals surface area contributed by atoms with Gasteiger partial charge in [0.15, 0.2) is 0 Å². The number of nitrogens with one attached hydrogen (secondary N) is 2. The highest BCUT2D eigenvalue weighted by atomic mass is 19.1. The lowest BCUT2D eigenvalue weighted by atomic mass is 10.1. The largest absolute Gasteiger partial charge is 0.368 e. The second-order valence-electron chi connectivity index (χ2n) is 7.64. The van der Waals surface area contributed by atoms with E-state index in [0.717, 1.165) is 22.0 Å². The zero-order valence-corrected chi connectivity index (χ0v) is 18.7. The van der Waals surface area contributed by atoms with Crippen LogP contribution in [0.1, 0.15) is 40.0 Å². The first-order valence-corrected chi connectivity index (χ1v) is 10.6. The van der Waals surface area contributed by atoms with Crippen molar-refractivity contribution in [3.8, 4) is 17.9 Å². The number of pyridine rings is 1. The Bertz CT molecular complexity index is 1500. The molecule has 8 nitrogen and oxygen atoms in total. The third-order valence-electron chi connectivity index (χ3n) is 5.15. The van der Waals surface area contributed by atoms with Crippen LogP contribution in [0.5, 0.6) is 0 Å². The molecule has 0 spiro atoms. The first-order chi connectivity index (χ1) is 16.9. The molecule has 0 radical (unpaired) electrons. The van der Waals surface area contributed by atoms with Crippen LogP contribution in [0.15, 0.2) is 60.9 Å². The summed E-state index contributed by atoms with van der Waals surface area (Å²) in [5.41, 5.74) is 8.31. The summed E-state index contributed by atoms with van der Waals surface area (Å²) in [5, 5.41) is 15.9. The van der Waals surface area contributed by atoms with Crippen LogP contribution in [0.25, 0.3) is 10.9 Å². The van der Waals surface area contributed by atoms with Gasteiger partial charge < -0.3 is 16.4 Å². The summed E-state index contributed by atoms with van der Waals surface area (Å²) in [6.45, 7) is 2.00. The third kappa shape index (κ3) is 5.67. The summed E-state index contributed by atoms with van der Waals surface area (Å²) in [6.07, 6.45) is 3.02. The molecule has 0 aliphatic rings. The molecule has 0 fully saturated rings. The lowest BCUT2D eigenvalue weighted by Crippen LogP contribution is -2.28. The van der Waals surface area contributed by atoms with E-state index in [9.17, 15) is 14.4 Å². The van der Waals surface area contributed by atoms with E-state index in [-0.39, 0.29) is 35.5 Å². The van der Waals surface area contributed by atoms with Crippen molar-refractivity contribution in [2.45, 2.75) is 13.0 Å². The quantitative estimate of drug-likeness (QED) is 0.384. The lowest BCUT2D eigenvalue weighted by Gasteiger charge is -2.16. The van der Waals surface area contributed by atoms with E-state index in [4.69, 9.17) is 5.73 Å². The Morgan fingerprint density at radius 3 is 2.69 bits per heavy atom. The predicted molar refractivity (Wildman–Crippen MR) is 131 cm³/mol. The number of aromatic nitrogens is 3. The minimum atomic E-state index is -0.421. The van der Waals surface area contributed by atoms with Crippen molar-refractivity contribution in [1.82, 2.24) is 20.3 Å². The van der Waals surface area contributed by atoms with Crippen LogP contribution in [0.4, 0.5) is 16.2 Å². The first kappa shape index (κ1) is 23.1. The highest BCUT2D eigenvalue weighted by Crippen LogP contribution is 2.18. The molecule has 4 aromatic rings. The SMILES string of the molecule is C[C@H](NC(=O)c1cc(C#N)cnc1NCC#Cc1ccc2nc(N)ncc2c1)c1ccc(F)cc1. The Kier molecular flexibility index (Phi) is 6.80. The molecule has 0 saturated heterocycles. The number of nitrogen functional groups attached to an aromatic ring is 1. The van der Waals surface area contributed by atoms with Crippen LogP contribution in [-0.2, 0) is 0 Å². The normalized spacial score (nSPS) is 11.1. The highest BCUT2D eigenvalue weighted by Gasteiger charge is 2.17. The number of halogens is 1. The summed E-state index contributed by atoms with van der Waals surface area (Å²) < 4.78 is 13.2. The number of carbonyl (C=O) groups is 1. The zero-order chi connectivity index (χ0) is 24.8. The molecule has 0 unspecified atom stereocenters. The highest BCUT2D eigenvalue weighted by molar-refractivity contribution is 5.99. The molecule has 0 saturated carbocycles. The van der Waals surface area contributed by atoms with Crippen molar-refractivity contribution in [3.05, 3.63) is 89.0 Å². The van der Waals surface area contributed by atoms with E-state index in [1.807, 2.05) is 24.3 Å². The van der Waals surface area contributed by atoms with E-state index < -0.39 is 5.91 Å². The van der Waals surface area contributed by atoms with Crippen molar-refractivity contribution in [2.24, 2.45) is 0 Å². The number of fused-ring (bicyclic) bond motifs is 1. The maximum Gasteiger partial charge on any atom is 0.255 e. The van der Waals surface area contributed by atoms with E-state index in [1.165, 1.54) is 24.4 Å². The van der Waals surface area contributed by atoms with Crippen molar-refractivity contribution < 1.29 is 9.18 Å². The molecule has 2 aromatic heterocycles. The maximum absolute atomic E-state index is 13.2. The van der Waals surface area contributed by atoms with Crippen LogP contribution >= 0.6 is 0 Å². The summed E-state index contributed by atoms with van der Waals surface area (Å²) in [6, 6.07) is 14.5. The minimum Gasteiger partial charge on any atom is -0.368 e. The Morgan fingerprint density at radius 1 is 1.11 bits per heavy atom. The molecule has 0 bridgehead atoms. The summed E-state index contributed by atoms with van der Waals surface area (Å²) in [4.78, 5) is 25.3. The molecule has 2 heterocycles. The number of carbonyl (C=O) groups excluding carboxylic acids is 1. The first-order valence-electron chi connectivity index (χ1n) is 10.6. The maximum atomic E-state index is 13.2. The molecule has 172 valence electrons. The number of nitriles is 1. The molecular weight excluding hydrogens is 445 g/mol. The summed E-state index contributed by atoms with van der Waals surface area (Å²) in [5.74, 6) is 5.77. The second-order valence-corrected chi connectivity index (χ2v) is 7.64. The van der Waals surface area contributed by atoms with E-state index in [0.29, 0.717) is 5.82 Å². The predicted octanol–water partition coefficient (Wildman–Crippen LogP) is 3.57. The molecule has 1 atom stereocenters. The molecule has 4 rings (SSSR count). The molecule has 1 amide bonds. The minimum absolute atomic E-state index is 0.209. The van der Waals surface area contributed by atoms with Crippen LogP contribution < -0.4 is 16.4 Å². The number of benzene rings is 2. The van der Waals surface area contributed by atoms with Gasteiger partial charge in [-0.15, -0.1) is 0 Å². The van der Waals surface area contributed by atoms with Crippen LogP contribution in [0.2, 0.25) is 0 Å². The molecule has 35 heavy (non-hydrogen) atoms. The fourth-order valence-corrected chi connectivity index (χ4v) is 3.35. The van der Waals surface area contributed by atoms with Crippen molar-refractivity contribution >= 4 is 28.6 Å². The van der Waals surface area contributed by atoms with Gasteiger partial charge >= 0.3 is 0 Å². The Balaban J connectivity index is 1.47. The molecule has 0 aliphatic heterocycles. The molecule has 9 heteroatoms. The molecule has 2 aromatic carbocycles. The molecular formula is C26H20FN7O. The van der Waals surface area contributed by atoms with Gasteiger partial charge in [-0.1, -0.05) is 24.0 Å². The van der Waals surface area contributed by atoms with Gasteiger partial charge in [0.25, 0.3) is 5.91 Å². The fraction of sp³-hybridized carbons (Fsp3) is 0.115. The van der Waals surface area contributed by atoms with Gasteiger partial charge in [0, 0.05) is 23.3 Å². The Labute approximate surface area is 201 Å².